The van der Waals surface area contributed by atoms with Gasteiger partial charge in [-0.05, 0) is 42.2 Å². The molecule has 174 valence electrons. The number of H-pyrrole nitrogens is 1. The largest absolute Gasteiger partial charge is 0.495 e. The summed E-state index contributed by atoms with van der Waals surface area (Å²) in [4.78, 5) is 48.1. The van der Waals surface area contributed by atoms with Crippen molar-refractivity contribution in [1.29, 1.82) is 0 Å². The summed E-state index contributed by atoms with van der Waals surface area (Å²) < 4.78 is 5.33. The van der Waals surface area contributed by atoms with Crippen molar-refractivity contribution >= 4 is 29.3 Å². The third-order valence-corrected chi connectivity index (χ3v) is 6.30. The van der Waals surface area contributed by atoms with Crippen LogP contribution in [-0.2, 0) is 22.6 Å². The van der Waals surface area contributed by atoms with Gasteiger partial charge in [0.1, 0.15) is 11.6 Å². The quantitative estimate of drug-likeness (QED) is 0.552. The summed E-state index contributed by atoms with van der Waals surface area (Å²) in [5.41, 5.74) is 3.58. The zero-order valence-electron chi connectivity index (χ0n) is 19.0. The second-order valence-electron chi connectivity index (χ2n) is 8.59. The highest BCUT2D eigenvalue weighted by molar-refractivity contribution is 6.05. The average molecular weight is 460 g/mol. The molecule has 5 rings (SSSR count). The van der Waals surface area contributed by atoms with Crippen LogP contribution in [0.4, 0.5) is 17.5 Å². The summed E-state index contributed by atoms with van der Waals surface area (Å²) in [5, 5.41) is 5.49. The third-order valence-electron chi connectivity index (χ3n) is 6.30. The Hall–Kier alpha value is -4.14. The van der Waals surface area contributed by atoms with E-state index >= 15 is 0 Å². The Balaban J connectivity index is 1.45. The van der Waals surface area contributed by atoms with E-state index < -0.39 is 17.4 Å². The number of aromatic amines is 1. The molecule has 1 aromatic heterocycles. The number of benzene rings is 2. The van der Waals surface area contributed by atoms with Crippen molar-refractivity contribution in [3.63, 3.8) is 0 Å². The van der Waals surface area contributed by atoms with E-state index in [-0.39, 0.29) is 23.7 Å². The normalized spacial score (nSPS) is 16.8. The van der Waals surface area contributed by atoms with Crippen LogP contribution in [0.1, 0.15) is 34.6 Å². The lowest BCUT2D eigenvalue weighted by molar-refractivity contribution is -0.123. The first kappa shape index (κ1) is 21.7. The van der Waals surface area contributed by atoms with Crippen LogP contribution in [0.5, 0.6) is 5.75 Å². The van der Waals surface area contributed by atoms with Crippen LogP contribution in [0.25, 0.3) is 0 Å². The van der Waals surface area contributed by atoms with Crippen molar-refractivity contribution in [2.75, 3.05) is 29.2 Å². The lowest BCUT2D eigenvalue weighted by atomic mass is 9.92. The van der Waals surface area contributed by atoms with Crippen LogP contribution < -0.4 is 25.8 Å². The van der Waals surface area contributed by atoms with Crippen LogP contribution in [0.3, 0.4) is 0 Å². The summed E-state index contributed by atoms with van der Waals surface area (Å²) in [5.74, 6) is -0.803. The Morgan fingerprint density at radius 3 is 2.76 bits per heavy atom. The number of nitrogens with one attached hydrogen (secondary N) is 3. The van der Waals surface area contributed by atoms with E-state index in [1.165, 1.54) is 18.2 Å². The molecule has 0 saturated heterocycles. The van der Waals surface area contributed by atoms with E-state index in [1.807, 2.05) is 30.0 Å². The van der Waals surface area contributed by atoms with E-state index in [0.29, 0.717) is 30.5 Å². The predicted octanol–water partition coefficient (Wildman–Crippen LogP) is 2.71. The van der Waals surface area contributed by atoms with E-state index in [2.05, 4.69) is 32.7 Å². The highest BCUT2D eigenvalue weighted by atomic mass is 16.5. The number of hydrogen-bond donors (Lipinski definition) is 3. The number of aromatic nitrogens is 2. The number of nitrogens with zero attached hydrogens (tertiary/aromatic N) is 2. The molecule has 0 spiro atoms. The number of rotatable bonds is 4. The summed E-state index contributed by atoms with van der Waals surface area (Å²) in [7, 11) is 1.51. The Kier molecular flexibility index (Phi) is 5.53. The minimum absolute atomic E-state index is 0.130. The molecule has 2 aliphatic heterocycles. The number of aryl methyl sites for hydroxylation is 1. The van der Waals surface area contributed by atoms with Crippen molar-refractivity contribution in [1.82, 2.24) is 9.97 Å². The SMILES string of the molecule is COc1ccc(C)cc1NC(=O)C1CC(=O)Nc2nc(N3CCc4ccccc4C3)[nH]c(=O)c21. The molecule has 0 fully saturated rings. The van der Waals surface area contributed by atoms with E-state index in [1.54, 1.807) is 12.1 Å². The van der Waals surface area contributed by atoms with Crippen molar-refractivity contribution < 1.29 is 14.3 Å². The van der Waals surface area contributed by atoms with Gasteiger partial charge >= 0.3 is 0 Å². The molecule has 0 radical (unpaired) electrons. The number of fused-ring (bicyclic) bond motifs is 2. The fourth-order valence-electron chi connectivity index (χ4n) is 4.55. The van der Waals surface area contributed by atoms with Crippen molar-refractivity contribution in [3.8, 4) is 5.75 Å². The predicted molar refractivity (Wildman–Crippen MR) is 128 cm³/mol. The molecule has 3 N–H and O–H groups in total. The monoisotopic (exact) mass is 459 g/mol. The first-order valence-electron chi connectivity index (χ1n) is 11.1. The summed E-state index contributed by atoms with van der Waals surface area (Å²) in [6, 6.07) is 13.6. The molecule has 1 atom stereocenters. The smallest absolute Gasteiger partial charge is 0.258 e. The van der Waals surface area contributed by atoms with Gasteiger partial charge in [0.05, 0.1) is 24.3 Å². The second-order valence-corrected chi connectivity index (χ2v) is 8.59. The lowest BCUT2D eigenvalue weighted by Gasteiger charge is -2.30. The third kappa shape index (κ3) is 4.00. The molecule has 3 heterocycles. The Labute approximate surface area is 196 Å². The Morgan fingerprint density at radius 1 is 1.18 bits per heavy atom. The van der Waals surface area contributed by atoms with Crippen LogP contribution in [0.2, 0.25) is 0 Å². The van der Waals surface area contributed by atoms with Gasteiger partial charge in [-0.2, -0.15) is 4.98 Å². The number of amides is 2. The van der Waals surface area contributed by atoms with Crippen molar-refractivity contribution in [3.05, 3.63) is 75.1 Å². The standard InChI is InChI=1S/C25H25N5O4/c1-14-7-8-19(34-2)18(11-14)26-23(32)17-12-20(31)27-22-21(17)24(33)29-25(28-22)30-10-9-15-5-3-4-6-16(15)13-30/h3-8,11,17H,9-10,12-13H2,1-2H3,(H,26,32)(H2,27,28,29,31,33). The zero-order valence-corrected chi connectivity index (χ0v) is 19.0. The molecule has 2 aliphatic rings. The maximum Gasteiger partial charge on any atom is 0.258 e. The number of carbonyl (C=O) groups excluding carboxylic acids is 2. The number of methoxy groups -OCH3 is 1. The van der Waals surface area contributed by atoms with Crippen LogP contribution in [-0.4, -0.2) is 35.4 Å². The van der Waals surface area contributed by atoms with Gasteiger partial charge in [0, 0.05) is 19.5 Å². The van der Waals surface area contributed by atoms with Gasteiger partial charge < -0.3 is 20.3 Å². The molecule has 0 saturated carbocycles. The highest BCUT2D eigenvalue weighted by Crippen LogP contribution is 2.33. The molecule has 2 amide bonds. The van der Waals surface area contributed by atoms with Crippen molar-refractivity contribution in [2.45, 2.75) is 32.2 Å². The molecule has 1 unspecified atom stereocenters. The van der Waals surface area contributed by atoms with Gasteiger partial charge in [0.25, 0.3) is 5.56 Å². The van der Waals surface area contributed by atoms with Gasteiger partial charge in [0.15, 0.2) is 0 Å². The van der Waals surface area contributed by atoms with Gasteiger partial charge in [0.2, 0.25) is 17.8 Å². The molecule has 2 aromatic carbocycles. The highest BCUT2D eigenvalue weighted by Gasteiger charge is 2.35. The fraction of sp³-hybridized carbons (Fsp3) is 0.280. The van der Waals surface area contributed by atoms with Crippen molar-refractivity contribution in [2.24, 2.45) is 0 Å². The fourth-order valence-corrected chi connectivity index (χ4v) is 4.55. The summed E-state index contributed by atoms with van der Waals surface area (Å²) >= 11 is 0. The number of hydrogen-bond acceptors (Lipinski definition) is 6. The van der Waals surface area contributed by atoms with Gasteiger partial charge in [-0.15, -0.1) is 0 Å². The van der Waals surface area contributed by atoms with Gasteiger partial charge in [-0.1, -0.05) is 30.3 Å². The molecular weight excluding hydrogens is 434 g/mol. The number of carbonyl (C=O) groups is 2. The molecule has 0 aliphatic carbocycles. The lowest BCUT2D eigenvalue weighted by Crippen LogP contribution is -2.39. The Bertz CT molecular complexity index is 1350. The van der Waals surface area contributed by atoms with E-state index in [9.17, 15) is 14.4 Å². The minimum Gasteiger partial charge on any atom is -0.495 e. The molecule has 34 heavy (non-hydrogen) atoms. The Morgan fingerprint density at radius 2 is 1.97 bits per heavy atom. The average Bonchev–Trinajstić information content (AvgIpc) is 2.83. The number of anilines is 3. The van der Waals surface area contributed by atoms with E-state index in [4.69, 9.17) is 4.74 Å². The topological polar surface area (TPSA) is 116 Å². The molecular formula is C25H25N5O4. The van der Waals surface area contributed by atoms with Crippen LogP contribution in [0.15, 0.2) is 47.3 Å². The second kappa shape index (κ2) is 8.66. The summed E-state index contributed by atoms with van der Waals surface area (Å²) in [6.07, 6.45) is 0.681. The molecule has 9 nitrogen and oxygen atoms in total. The van der Waals surface area contributed by atoms with E-state index in [0.717, 1.165) is 12.0 Å². The first-order chi connectivity index (χ1) is 16.4. The zero-order chi connectivity index (χ0) is 23.8. The maximum absolute atomic E-state index is 13.2. The maximum atomic E-state index is 13.2. The van der Waals surface area contributed by atoms with Crippen LogP contribution >= 0.6 is 0 Å². The minimum atomic E-state index is -0.971. The molecule has 3 aromatic rings. The summed E-state index contributed by atoms with van der Waals surface area (Å²) in [6.45, 7) is 3.18. The van der Waals surface area contributed by atoms with Gasteiger partial charge in [-0.25, -0.2) is 0 Å². The van der Waals surface area contributed by atoms with Crippen LogP contribution in [0, 0.1) is 6.92 Å². The molecule has 0 bridgehead atoms. The molecule has 9 heteroatoms. The number of ether oxygens (including phenoxy) is 1. The van der Waals surface area contributed by atoms with Gasteiger partial charge in [-0.3, -0.25) is 19.4 Å². The first-order valence-corrected chi connectivity index (χ1v) is 11.1.